The summed E-state index contributed by atoms with van der Waals surface area (Å²) in [5, 5.41) is 0. The number of ketones is 2. The Kier molecular flexibility index (Phi) is 10.3. The molecular formula is C37H35F5N2O2S. The van der Waals surface area contributed by atoms with Gasteiger partial charge >= 0.3 is 6.18 Å². The number of alkyl halides is 5. The molecular weight excluding hydrogens is 631 g/mol. The van der Waals surface area contributed by atoms with Crippen molar-refractivity contribution < 1.29 is 31.5 Å². The van der Waals surface area contributed by atoms with E-state index in [0.29, 0.717) is 54.1 Å². The van der Waals surface area contributed by atoms with Crippen LogP contribution in [-0.4, -0.2) is 30.4 Å². The highest BCUT2D eigenvalue weighted by Crippen LogP contribution is 2.39. The van der Waals surface area contributed by atoms with Gasteiger partial charge in [0.2, 0.25) is 0 Å². The first kappa shape index (κ1) is 34.5. The van der Waals surface area contributed by atoms with E-state index in [1.54, 1.807) is 6.07 Å². The normalized spacial score (nSPS) is 12.6. The van der Waals surface area contributed by atoms with E-state index >= 15 is 0 Å². The molecule has 4 aromatic rings. The largest absolute Gasteiger partial charge is 0.416 e. The molecule has 1 aliphatic carbocycles. The molecule has 0 aromatic heterocycles. The van der Waals surface area contributed by atoms with Crippen molar-refractivity contribution in [3.8, 4) is 11.1 Å². The molecule has 0 spiro atoms. The number of carbonyl (C=O) groups is 2. The quantitative estimate of drug-likeness (QED) is 0.0752. The Labute approximate surface area is 274 Å². The zero-order valence-corrected chi connectivity index (χ0v) is 26.7. The number of Topliss-reactive ketones (excluding diaryl/α,β-unsaturated/α-hetero) is 2. The van der Waals surface area contributed by atoms with Crippen molar-refractivity contribution >= 4 is 23.3 Å². The average Bonchev–Trinajstić information content (AvgIpc) is 3.38. The number of rotatable bonds is 13. The summed E-state index contributed by atoms with van der Waals surface area (Å²) < 4.78 is 68.5. The second-order valence-corrected chi connectivity index (χ2v) is 13.0. The zero-order chi connectivity index (χ0) is 33.9. The minimum absolute atomic E-state index is 0.0238. The van der Waals surface area contributed by atoms with Crippen LogP contribution < -0.4 is 11.5 Å². The van der Waals surface area contributed by atoms with Crippen LogP contribution in [0.4, 0.5) is 22.0 Å². The lowest BCUT2D eigenvalue weighted by Crippen LogP contribution is -2.13. The Balaban J connectivity index is 1.34. The molecule has 10 heteroatoms. The smallest absolute Gasteiger partial charge is 0.330 e. The van der Waals surface area contributed by atoms with E-state index in [1.165, 1.54) is 30.0 Å². The third-order valence-corrected chi connectivity index (χ3v) is 9.40. The number of carbonyl (C=O) groups excluding carboxylic acids is 2. The maximum Gasteiger partial charge on any atom is 0.416 e. The Bertz CT molecular complexity index is 1680. The highest BCUT2D eigenvalue weighted by Gasteiger charge is 2.32. The minimum atomic E-state index is -4.57. The van der Waals surface area contributed by atoms with Gasteiger partial charge < -0.3 is 11.5 Å². The van der Waals surface area contributed by atoms with Crippen LogP contribution in [0.25, 0.3) is 11.1 Å². The second-order valence-electron chi connectivity index (χ2n) is 11.9. The summed E-state index contributed by atoms with van der Waals surface area (Å²) in [6, 6.07) is 18.8. The third-order valence-electron chi connectivity index (χ3n) is 8.29. The van der Waals surface area contributed by atoms with Crippen molar-refractivity contribution in [1.82, 2.24) is 0 Å². The Morgan fingerprint density at radius 1 is 0.723 bits per heavy atom. The number of halogens is 5. The van der Waals surface area contributed by atoms with Gasteiger partial charge in [0.05, 0.1) is 5.56 Å². The van der Waals surface area contributed by atoms with Gasteiger partial charge in [0.1, 0.15) is 0 Å². The monoisotopic (exact) mass is 666 g/mol. The van der Waals surface area contributed by atoms with Gasteiger partial charge in [-0.1, -0.05) is 48.5 Å². The lowest BCUT2D eigenvalue weighted by Gasteiger charge is -2.15. The number of hydrogen-bond acceptors (Lipinski definition) is 5. The Morgan fingerprint density at radius 2 is 1.30 bits per heavy atom. The van der Waals surface area contributed by atoms with Crippen molar-refractivity contribution in [2.45, 2.75) is 56.0 Å². The molecule has 4 nitrogen and oxygen atoms in total. The molecule has 5 rings (SSSR count). The fourth-order valence-corrected chi connectivity index (χ4v) is 6.77. The van der Waals surface area contributed by atoms with E-state index in [2.05, 4.69) is 0 Å². The maximum atomic E-state index is 14.1. The topological polar surface area (TPSA) is 86.2 Å². The number of benzene rings is 4. The molecule has 0 aliphatic heterocycles. The number of nitrogens with two attached hydrogens (primary N) is 2. The van der Waals surface area contributed by atoms with Crippen molar-refractivity contribution in [3.63, 3.8) is 0 Å². The highest BCUT2D eigenvalue weighted by atomic mass is 32.2. The summed E-state index contributed by atoms with van der Waals surface area (Å²) in [4.78, 5) is 27.2. The van der Waals surface area contributed by atoms with Gasteiger partial charge in [0, 0.05) is 53.6 Å². The van der Waals surface area contributed by atoms with Crippen LogP contribution in [0, 0.1) is 0 Å². The lowest BCUT2D eigenvalue weighted by atomic mass is 9.92. The van der Waals surface area contributed by atoms with Crippen LogP contribution in [0.2, 0.25) is 0 Å². The van der Waals surface area contributed by atoms with E-state index in [1.807, 2.05) is 36.4 Å². The highest BCUT2D eigenvalue weighted by molar-refractivity contribution is 7.99. The van der Waals surface area contributed by atoms with Gasteiger partial charge in [-0.3, -0.25) is 9.59 Å². The minimum Gasteiger partial charge on any atom is -0.330 e. The number of thioether (sulfide) groups is 1. The van der Waals surface area contributed by atoms with E-state index in [9.17, 15) is 31.5 Å². The molecule has 0 saturated carbocycles. The van der Waals surface area contributed by atoms with E-state index in [-0.39, 0.29) is 35.3 Å². The molecule has 0 saturated heterocycles. The lowest BCUT2D eigenvalue weighted by molar-refractivity contribution is -0.137. The summed E-state index contributed by atoms with van der Waals surface area (Å²) in [5.74, 6) is -3.28. The predicted molar refractivity (Wildman–Crippen MR) is 175 cm³/mol. The summed E-state index contributed by atoms with van der Waals surface area (Å²) in [7, 11) is 0. The first-order valence-corrected chi connectivity index (χ1v) is 16.3. The summed E-state index contributed by atoms with van der Waals surface area (Å²) >= 11 is 1.25. The molecule has 4 aromatic carbocycles. The van der Waals surface area contributed by atoms with E-state index < -0.39 is 23.4 Å². The first-order chi connectivity index (χ1) is 22.3. The standard InChI is InChI=1S/C37H35F5N2O2S/c1-36(38,39)27-7-6-24(3-2-12-43)31(20-27)33(45)17-22-4-9-29-25(15-22)19-26-16-23(5-10-30(26)29)18-34(46)32-21-28(37(40,41)42)8-11-35(32)47-14-13-44/h4-11,15-16,20-21H,2-3,12-14,17-19,43-44H2,1H3. The van der Waals surface area contributed by atoms with Crippen LogP contribution in [-0.2, 0) is 37.8 Å². The van der Waals surface area contributed by atoms with Crippen molar-refractivity contribution in [3.05, 3.63) is 123 Å². The van der Waals surface area contributed by atoms with Gasteiger partial charge in [-0.15, -0.1) is 11.8 Å². The number of fused-ring (bicyclic) bond motifs is 3. The summed E-state index contributed by atoms with van der Waals surface area (Å²) in [6.07, 6.45) is -2.91. The molecule has 0 unspecified atom stereocenters. The molecule has 47 heavy (non-hydrogen) atoms. The molecule has 4 N–H and O–H groups in total. The molecule has 0 amide bonds. The van der Waals surface area contributed by atoms with Gasteiger partial charge in [0.15, 0.2) is 11.6 Å². The number of hydrogen-bond donors (Lipinski definition) is 2. The van der Waals surface area contributed by atoms with E-state index in [0.717, 1.165) is 46.9 Å². The van der Waals surface area contributed by atoms with Crippen molar-refractivity contribution in [2.24, 2.45) is 11.5 Å². The van der Waals surface area contributed by atoms with Crippen LogP contribution >= 0.6 is 11.8 Å². The zero-order valence-electron chi connectivity index (χ0n) is 25.9. The van der Waals surface area contributed by atoms with Gasteiger partial charge in [0.25, 0.3) is 5.92 Å². The molecule has 0 bridgehead atoms. The average molecular weight is 667 g/mol. The van der Waals surface area contributed by atoms with Crippen LogP contribution in [0.3, 0.4) is 0 Å². The molecule has 0 atom stereocenters. The van der Waals surface area contributed by atoms with Gasteiger partial charge in [-0.2, -0.15) is 13.2 Å². The molecule has 1 aliphatic rings. The van der Waals surface area contributed by atoms with Gasteiger partial charge in [-0.25, -0.2) is 8.78 Å². The molecule has 0 radical (unpaired) electrons. The fraction of sp³-hybridized carbons (Fsp3) is 0.297. The van der Waals surface area contributed by atoms with Crippen LogP contribution in [0.5, 0.6) is 0 Å². The fourth-order valence-electron chi connectivity index (χ4n) is 5.94. The number of aryl methyl sites for hydroxylation is 1. The molecule has 246 valence electrons. The first-order valence-electron chi connectivity index (χ1n) is 15.3. The van der Waals surface area contributed by atoms with Crippen LogP contribution in [0.1, 0.15) is 73.0 Å². The van der Waals surface area contributed by atoms with E-state index in [4.69, 9.17) is 11.5 Å². The molecule has 0 fully saturated rings. The third kappa shape index (κ3) is 8.00. The molecule has 0 heterocycles. The SMILES string of the molecule is CC(F)(F)c1ccc(CCCN)c(C(=O)Cc2ccc3c(c2)Cc2cc(CC(=O)c4cc(C(F)(F)F)ccc4SCCN)ccc2-3)c1. The maximum absolute atomic E-state index is 14.1. The summed E-state index contributed by atoms with van der Waals surface area (Å²) in [5.41, 5.74) is 16.5. The van der Waals surface area contributed by atoms with Crippen LogP contribution in [0.15, 0.2) is 77.7 Å². The summed E-state index contributed by atoms with van der Waals surface area (Å²) in [6.45, 7) is 1.54. The Morgan fingerprint density at radius 3 is 1.85 bits per heavy atom. The van der Waals surface area contributed by atoms with Gasteiger partial charge in [-0.05, 0) is 89.0 Å². The second kappa shape index (κ2) is 14.1. The van der Waals surface area contributed by atoms with Crippen molar-refractivity contribution in [1.29, 1.82) is 0 Å². The van der Waals surface area contributed by atoms with Crippen molar-refractivity contribution in [2.75, 3.05) is 18.8 Å². The predicted octanol–water partition coefficient (Wildman–Crippen LogP) is 8.18. The Hall–Kier alpha value is -3.86.